The number of carbonyl (C=O) groups excluding carboxylic acids is 2. The molecule has 1 aliphatic heterocycles. The molecule has 0 radical (unpaired) electrons. The molecule has 0 bridgehead atoms. The largest absolute Gasteiger partial charge is 0.490 e. The van der Waals surface area contributed by atoms with Crippen molar-refractivity contribution in [2.75, 3.05) is 13.7 Å². The summed E-state index contributed by atoms with van der Waals surface area (Å²) in [6.45, 7) is 4.60. The highest BCUT2D eigenvalue weighted by molar-refractivity contribution is 5.95. The van der Waals surface area contributed by atoms with Gasteiger partial charge in [-0.1, -0.05) is 43.3 Å². The summed E-state index contributed by atoms with van der Waals surface area (Å²) in [7, 11) is 1.32. The first-order chi connectivity index (χ1) is 14.6. The number of urea groups is 1. The van der Waals surface area contributed by atoms with E-state index in [1.807, 2.05) is 50.2 Å². The van der Waals surface area contributed by atoms with Gasteiger partial charge in [-0.2, -0.15) is 0 Å². The highest BCUT2D eigenvalue weighted by Gasteiger charge is 2.33. The van der Waals surface area contributed by atoms with Crippen LogP contribution in [0.2, 0.25) is 0 Å². The van der Waals surface area contributed by atoms with Gasteiger partial charge in [0.05, 0.1) is 25.3 Å². The number of hydrogen-bond acceptors (Lipinski definition) is 5. The van der Waals surface area contributed by atoms with Crippen LogP contribution in [0, 0.1) is 0 Å². The summed E-state index contributed by atoms with van der Waals surface area (Å²) in [6, 6.07) is 14.2. The summed E-state index contributed by atoms with van der Waals surface area (Å²) in [4.78, 5) is 24.6. The van der Waals surface area contributed by atoms with Crippen LogP contribution in [0.4, 0.5) is 4.79 Å². The Morgan fingerprint density at radius 1 is 1.03 bits per heavy atom. The van der Waals surface area contributed by atoms with Crippen molar-refractivity contribution in [3.05, 3.63) is 70.9 Å². The van der Waals surface area contributed by atoms with E-state index >= 15 is 0 Å². The van der Waals surface area contributed by atoms with E-state index in [2.05, 4.69) is 10.6 Å². The second-order valence-electron chi connectivity index (χ2n) is 6.68. The Morgan fingerprint density at radius 2 is 1.80 bits per heavy atom. The van der Waals surface area contributed by atoms with Crippen molar-refractivity contribution in [2.45, 2.75) is 32.9 Å². The zero-order chi connectivity index (χ0) is 21.5. The summed E-state index contributed by atoms with van der Waals surface area (Å²) >= 11 is 0. The molecule has 7 nitrogen and oxygen atoms in total. The first kappa shape index (κ1) is 21.2. The van der Waals surface area contributed by atoms with Gasteiger partial charge in [-0.15, -0.1) is 0 Å². The van der Waals surface area contributed by atoms with Crippen molar-refractivity contribution in [3.63, 3.8) is 0 Å². The third kappa shape index (κ3) is 4.74. The fourth-order valence-electron chi connectivity index (χ4n) is 3.32. The molecule has 2 amide bonds. The number of ether oxygens (including phenoxy) is 3. The minimum absolute atomic E-state index is 0.369. The van der Waals surface area contributed by atoms with Crippen LogP contribution in [0.1, 0.15) is 37.4 Å². The van der Waals surface area contributed by atoms with Crippen LogP contribution in [0.3, 0.4) is 0 Å². The number of benzene rings is 2. The molecule has 0 aromatic heterocycles. The first-order valence-electron chi connectivity index (χ1n) is 9.89. The number of nitrogens with one attached hydrogen (secondary N) is 2. The van der Waals surface area contributed by atoms with E-state index in [9.17, 15) is 9.59 Å². The second kappa shape index (κ2) is 9.82. The molecule has 0 saturated carbocycles. The van der Waals surface area contributed by atoms with E-state index < -0.39 is 12.0 Å². The molecular weight excluding hydrogens is 384 g/mol. The molecule has 1 heterocycles. The van der Waals surface area contributed by atoms with Gasteiger partial charge in [-0.3, -0.25) is 0 Å². The molecule has 1 atom stereocenters. The molecule has 158 valence electrons. The molecule has 2 aromatic carbocycles. The van der Waals surface area contributed by atoms with E-state index in [1.165, 1.54) is 7.11 Å². The topological polar surface area (TPSA) is 85.9 Å². The predicted octanol–water partition coefficient (Wildman–Crippen LogP) is 3.86. The number of esters is 1. The van der Waals surface area contributed by atoms with Crippen LogP contribution in [-0.2, 0) is 16.1 Å². The SMILES string of the molecule is CCOc1cc(C2NC(=O)NC(CC)=C2C(=O)OC)ccc1OCc1ccccc1. The van der Waals surface area contributed by atoms with Gasteiger partial charge in [0, 0.05) is 5.70 Å². The zero-order valence-electron chi connectivity index (χ0n) is 17.4. The van der Waals surface area contributed by atoms with Crippen molar-refractivity contribution in [1.29, 1.82) is 0 Å². The minimum Gasteiger partial charge on any atom is -0.490 e. The maximum absolute atomic E-state index is 12.4. The van der Waals surface area contributed by atoms with E-state index in [0.29, 0.717) is 48.0 Å². The van der Waals surface area contributed by atoms with Gasteiger partial charge in [-0.25, -0.2) is 9.59 Å². The number of rotatable bonds is 8. The maximum Gasteiger partial charge on any atom is 0.337 e. The summed E-state index contributed by atoms with van der Waals surface area (Å²) in [5.74, 6) is 0.636. The molecule has 0 fully saturated rings. The molecular formula is C23H26N2O5. The third-order valence-electron chi connectivity index (χ3n) is 4.75. The van der Waals surface area contributed by atoms with Crippen LogP contribution in [0.5, 0.6) is 11.5 Å². The van der Waals surface area contributed by atoms with Crippen LogP contribution in [0.15, 0.2) is 59.8 Å². The van der Waals surface area contributed by atoms with Gasteiger partial charge < -0.3 is 24.8 Å². The number of carbonyl (C=O) groups is 2. The molecule has 0 aliphatic carbocycles. The zero-order valence-corrected chi connectivity index (χ0v) is 17.4. The number of amides is 2. The van der Waals surface area contributed by atoms with Crippen LogP contribution >= 0.6 is 0 Å². The fraction of sp³-hybridized carbons (Fsp3) is 0.304. The molecule has 7 heteroatoms. The second-order valence-corrected chi connectivity index (χ2v) is 6.68. The molecule has 2 N–H and O–H groups in total. The Balaban J connectivity index is 1.93. The maximum atomic E-state index is 12.4. The van der Waals surface area contributed by atoms with Crippen molar-refractivity contribution in [3.8, 4) is 11.5 Å². The molecule has 30 heavy (non-hydrogen) atoms. The molecule has 3 rings (SSSR count). The van der Waals surface area contributed by atoms with Crippen molar-refractivity contribution in [2.24, 2.45) is 0 Å². The Labute approximate surface area is 176 Å². The van der Waals surface area contributed by atoms with Gasteiger partial charge in [0.2, 0.25) is 0 Å². The lowest BCUT2D eigenvalue weighted by Gasteiger charge is -2.29. The average molecular weight is 410 g/mol. The highest BCUT2D eigenvalue weighted by atomic mass is 16.5. The number of hydrogen-bond donors (Lipinski definition) is 2. The molecule has 0 saturated heterocycles. The number of methoxy groups -OCH3 is 1. The summed E-state index contributed by atoms with van der Waals surface area (Å²) in [6.07, 6.45) is 0.491. The standard InChI is InChI=1S/C23H26N2O5/c1-4-17-20(22(26)28-3)21(25-23(27)24-17)16-11-12-18(19(13-16)29-5-2)30-14-15-9-7-6-8-10-15/h6-13,21H,4-5,14H2,1-3H3,(H2,24,25,27). The van der Waals surface area contributed by atoms with Crippen molar-refractivity contribution >= 4 is 12.0 Å². The van der Waals surface area contributed by atoms with Gasteiger partial charge >= 0.3 is 12.0 Å². The Bertz CT molecular complexity index is 940. The van der Waals surface area contributed by atoms with Crippen LogP contribution in [0.25, 0.3) is 0 Å². The monoisotopic (exact) mass is 410 g/mol. The highest BCUT2D eigenvalue weighted by Crippen LogP contribution is 2.35. The lowest BCUT2D eigenvalue weighted by Crippen LogP contribution is -2.45. The molecule has 2 aromatic rings. The van der Waals surface area contributed by atoms with Crippen molar-refractivity contribution in [1.82, 2.24) is 10.6 Å². The van der Waals surface area contributed by atoms with Gasteiger partial charge in [-0.05, 0) is 36.6 Å². The average Bonchev–Trinajstić information content (AvgIpc) is 2.78. The first-order valence-corrected chi connectivity index (χ1v) is 9.89. The quantitative estimate of drug-likeness (QED) is 0.646. The minimum atomic E-state index is -0.650. The third-order valence-corrected chi connectivity index (χ3v) is 4.75. The fourth-order valence-corrected chi connectivity index (χ4v) is 3.32. The van der Waals surface area contributed by atoms with E-state index in [-0.39, 0.29) is 6.03 Å². The summed E-state index contributed by atoms with van der Waals surface area (Å²) < 4.78 is 16.7. The van der Waals surface area contributed by atoms with Gasteiger partial charge in [0.25, 0.3) is 0 Å². The Hall–Kier alpha value is -3.48. The van der Waals surface area contributed by atoms with E-state index in [1.54, 1.807) is 12.1 Å². The van der Waals surface area contributed by atoms with Crippen LogP contribution in [-0.4, -0.2) is 25.7 Å². The lowest BCUT2D eigenvalue weighted by atomic mass is 9.94. The summed E-state index contributed by atoms with van der Waals surface area (Å²) in [5.41, 5.74) is 2.66. The normalized spacial score (nSPS) is 15.8. The lowest BCUT2D eigenvalue weighted by molar-refractivity contribution is -0.136. The van der Waals surface area contributed by atoms with E-state index in [4.69, 9.17) is 14.2 Å². The Kier molecular flexibility index (Phi) is 6.95. The Morgan fingerprint density at radius 3 is 2.47 bits per heavy atom. The molecule has 1 aliphatic rings. The van der Waals surface area contributed by atoms with Gasteiger partial charge in [0.15, 0.2) is 11.5 Å². The molecule has 0 spiro atoms. The van der Waals surface area contributed by atoms with Gasteiger partial charge in [0.1, 0.15) is 6.61 Å². The summed E-state index contributed by atoms with van der Waals surface area (Å²) in [5, 5.41) is 5.50. The number of allylic oxidation sites excluding steroid dienone is 1. The molecule has 1 unspecified atom stereocenters. The van der Waals surface area contributed by atoms with E-state index in [0.717, 1.165) is 5.56 Å². The smallest absolute Gasteiger partial charge is 0.337 e. The van der Waals surface area contributed by atoms with Crippen LogP contribution < -0.4 is 20.1 Å². The predicted molar refractivity (Wildman–Crippen MR) is 112 cm³/mol. The van der Waals surface area contributed by atoms with Crippen molar-refractivity contribution < 1.29 is 23.8 Å².